The number of aryl methyl sites for hydroxylation is 1. The Balaban J connectivity index is 1.94. The van der Waals surface area contributed by atoms with Crippen LogP contribution in [0.3, 0.4) is 0 Å². The molecule has 0 aliphatic heterocycles. The van der Waals surface area contributed by atoms with Crippen molar-refractivity contribution in [3.63, 3.8) is 0 Å². The lowest BCUT2D eigenvalue weighted by Crippen LogP contribution is -2.34. The first-order valence-electron chi connectivity index (χ1n) is 10.2. The summed E-state index contributed by atoms with van der Waals surface area (Å²) in [5, 5.41) is 3.25. The van der Waals surface area contributed by atoms with Gasteiger partial charge in [-0.2, -0.15) is 0 Å². The summed E-state index contributed by atoms with van der Waals surface area (Å²) in [5.74, 6) is -0.762. The molecule has 30 heavy (non-hydrogen) atoms. The molecule has 1 unspecified atom stereocenters. The molecule has 0 heterocycles. The van der Waals surface area contributed by atoms with Gasteiger partial charge in [0.25, 0.3) is 0 Å². The smallest absolute Gasteiger partial charge is 0.128 e. The van der Waals surface area contributed by atoms with E-state index in [-0.39, 0.29) is 17.6 Å². The predicted molar refractivity (Wildman–Crippen MR) is 121 cm³/mol. The van der Waals surface area contributed by atoms with Crippen molar-refractivity contribution in [3.8, 4) is 0 Å². The number of hydrogen-bond donors (Lipinski definition) is 2. The summed E-state index contributed by atoms with van der Waals surface area (Å²) < 4.78 is 27.8. The molecule has 0 bridgehead atoms. The second-order valence-electron chi connectivity index (χ2n) is 7.63. The van der Waals surface area contributed by atoms with Gasteiger partial charge in [-0.25, -0.2) is 8.78 Å². The van der Waals surface area contributed by atoms with E-state index in [0.29, 0.717) is 23.4 Å². The third-order valence-corrected chi connectivity index (χ3v) is 5.34. The number of hydrogen-bond acceptors (Lipinski definition) is 2. The van der Waals surface area contributed by atoms with Crippen LogP contribution in [0.15, 0.2) is 79.0 Å². The fraction of sp³-hybridized carbons (Fsp3) is 0.231. The lowest BCUT2D eigenvalue weighted by Gasteiger charge is -2.28. The highest BCUT2D eigenvalue weighted by Gasteiger charge is 2.25. The zero-order chi connectivity index (χ0) is 21.7. The number of anilines is 1. The van der Waals surface area contributed by atoms with Crippen LogP contribution in [0.2, 0.25) is 0 Å². The minimum absolute atomic E-state index is 0.227. The molecule has 4 heteroatoms. The quantitative estimate of drug-likeness (QED) is 0.460. The van der Waals surface area contributed by atoms with Crippen molar-refractivity contribution in [2.45, 2.75) is 38.6 Å². The van der Waals surface area contributed by atoms with E-state index in [0.717, 1.165) is 23.1 Å². The molecule has 3 aromatic rings. The van der Waals surface area contributed by atoms with E-state index in [9.17, 15) is 8.78 Å². The molecule has 0 fully saturated rings. The molecule has 3 rings (SSSR count). The molecule has 2 nitrogen and oxygen atoms in total. The lowest BCUT2D eigenvalue weighted by atomic mass is 9.84. The summed E-state index contributed by atoms with van der Waals surface area (Å²) in [7, 11) is 0. The zero-order valence-electron chi connectivity index (χ0n) is 17.5. The van der Waals surface area contributed by atoms with E-state index in [1.54, 1.807) is 18.2 Å². The number of nitrogens with one attached hydrogen (secondary N) is 1. The summed E-state index contributed by atoms with van der Waals surface area (Å²) in [6.45, 7) is 8.19. The van der Waals surface area contributed by atoms with Crippen molar-refractivity contribution in [2.24, 2.45) is 5.73 Å². The van der Waals surface area contributed by atoms with Gasteiger partial charge < -0.3 is 11.1 Å². The molecule has 0 spiro atoms. The third kappa shape index (κ3) is 4.95. The highest BCUT2D eigenvalue weighted by molar-refractivity contribution is 5.56. The Hall–Kier alpha value is -2.98. The van der Waals surface area contributed by atoms with Crippen LogP contribution < -0.4 is 11.1 Å². The van der Waals surface area contributed by atoms with Crippen molar-refractivity contribution in [2.75, 3.05) is 5.32 Å². The second-order valence-corrected chi connectivity index (χ2v) is 7.63. The van der Waals surface area contributed by atoms with Crippen LogP contribution in [-0.2, 0) is 6.42 Å². The van der Waals surface area contributed by atoms with Gasteiger partial charge in [0.05, 0.1) is 6.04 Å². The Labute approximate surface area is 177 Å². The van der Waals surface area contributed by atoms with Crippen LogP contribution in [0, 0.1) is 18.6 Å². The molecule has 0 saturated carbocycles. The Kier molecular flexibility index (Phi) is 7.01. The van der Waals surface area contributed by atoms with Crippen LogP contribution in [0.5, 0.6) is 0 Å². The molecule has 2 atom stereocenters. The third-order valence-electron chi connectivity index (χ3n) is 5.34. The molecule has 0 radical (unpaired) electrons. The highest BCUT2D eigenvalue weighted by Crippen LogP contribution is 2.32. The molecule has 0 aliphatic carbocycles. The summed E-state index contributed by atoms with van der Waals surface area (Å²) in [5.41, 5.74) is 11.6. The van der Waals surface area contributed by atoms with E-state index in [2.05, 4.69) is 11.9 Å². The van der Waals surface area contributed by atoms with Gasteiger partial charge in [0, 0.05) is 22.9 Å². The molecule has 0 aromatic heterocycles. The summed E-state index contributed by atoms with van der Waals surface area (Å²) >= 11 is 0. The fourth-order valence-corrected chi connectivity index (χ4v) is 3.69. The maximum Gasteiger partial charge on any atom is 0.128 e. The summed E-state index contributed by atoms with van der Waals surface area (Å²) in [6.07, 6.45) is 1.45. The first kappa shape index (κ1) is 21.7. The standard InChI is InChI=1S/C26H28F2N2/c1-4-6-22-23(28)7-5-8-24(22)30-18(3)26(29)25(19-11-9-17(2)10-12-19)20-13-15-21(27)16-14-20/h5,7-16,25-26,30H,3-4,6,29H2,1-2H3/t25?,26-/m1/s1. The van der Waals surface area contributed by atoms with Gasteiger partial charge in [-0.1, -0.05) is 68.0 Å². The van der Waals surface area contributed by atoms with Crippen molar-refractivity contribution >= 4 is 5.69 Å². The Morgan fingerprint density at radius 1 is 0.967 bits per heavy atom. The molecular weight excluding hydrogens is 378 g/mol. The highest BCUT2D eigenvalue weighted by atomic mass is 19.1. The number of rotatable bonds is 8. The van der Waals surface area contributed by atoms with Gasteiger partial charge in [0.15, 0.2) is 0 Å². The average Bonchev–Trinajstić information content (AvgIpc) is 2.73. The molecule has 0 saturated heterocycles. The molecule has 0 aliphatic rings. The summed E-state index contributed by atoms with van der Waals surface area (Å²) in [6, 6.07) is 19.0. The topological polar surface area (TPSA) is 38.0 Å². The molecule has 3 aromatic carbocycles. The van der Waals surface area contributed by atoms with Crippen LogP contribution in [0.25, 0.3) is 0 Å². The zero-order valence-corrected chi connectivity index (χ0v) is 17.5. The fourth-order valence-electron chi connectivity index (χ4n) is 3.69. The van der Waals surface area contributed by atoms with Gasteiger partial charge in [-0.3, -0.25) is 0 Å². The van der Waals surface area contributed by atoms with E-state index >= 15 is 0 Å². The van der Waals surface area contributed by atoms with E-state index < -0.39 is 6.04 Å². The van der Waals surface area contributed by atoms with Gasteiger partial charge in [-0.05, 0) is 48.7 Å². The van der Waals surface area contributed by atoms with Crippen molar-refractivity contribution in [3.05, 3.63) is 113 Å². The van der Waals surface area contributed by atoms with Crippen molar-refractivity contribution in [1.29, 1.82) is 0 Å². The first-order valence-corrected chi connectivity index (χ1v) is 10.2. The first-order chi connectivity index (χ1) is 14.4. The largest absolute Gasteiger partial charge is 0.358 e. The van der Waals surface area contributed by atoms with Gasteiger partial charge in [-0.15, -0.1) is 0 Å². The van der Waals surface area contributed by atoms with Crippen LogP contribution in [0.1, 0.15) is 41.5 Å². The number of benzene rings is 3. The SMILES string of the molecule is C=C(Nc1cccc(F)c1CCC)[C@@H](N)C(c1ccc(C)cc1)c1ccc(F)cc1. The minimum atomic E-state index is -0.504. The maximum absolute atomic E-state index is 14.3. The predicted octanol–water partition coefficient (Wildman–Crippen LogP) is 6.31. The van der Waals surface area contributed by atoms with Gasteiger partial charge in [0.2, 0.25) is 0 Å². The van der Waals surface area contributed by atoms with Crippen molar-refractivity contribution in [1.82, 2.24) is 0 Å². The van der Waals surface area contributed by atoms with E-state index in [1.807, 2.05) is 44.2 Å². The lowest BCUT2D eigenvalue weighted by molar-refractivity contribution is 0.607. The van der Waals surface area contributed by atoms with Gasteiger partial charge in [0.1, 0.15) is 11.6 Å². The van der Waals surface area contributed by atoms with Gasteiger partial charge >= 0.3 is 0 Å². The van der Waals surface area contributed by atoms with Crippen LogP contribution in [0.4, 0.5) is 14.5 Å². The second kappa shape index (κ2) is 9.68. The van der Waals surface area contributed by atoms with E-state index in [4.69, 9.17) is 5.73 Å². The molecule has 3 N–H and O–H groups in total. The summed E-state index contributed by atoms with van der Waals surface area (Å²) in [4.78, 5) is 0. The Morgan fingerprint density at radius 3 is 2.17 bits per heavy atom. The van der Waals surface area contributed by atoms with E-state index in [1.165, 1.54) is 18.2 Å². The number of nitrogens with two attached hydrogens (primary N) is 1. The molecule has 156 valence electrons. The van der Waals surface area contributed by atoms with Crippen molar-refractivity contribution < 1.29 is 8.78 Å². The Morgan fingerprint density at radius 2 is 1.57 bits per heavy atom. The molecular formula is C26H28F2N2. The maximum atomic E-state index is 14.3. The molecule has 0 amide bonds. The Bertz CT molecular complexity index is 949. The van der Waals surface area contributed by atoms with Crippen LogP contribution in [-0.4, -0.2) is 6.04 Å². The average molecular weight is 407 g/mol. The minimum Gasteiger partial charge on any atom is -0.358 e. The normalized spacial score (nSPS) is 13.0. The number of halogens is 2. The van der Waals surface area contributed by atoms with Crippen LogP contribution >= 0.6 is 0 Å². The monoisotopic (exact) mass is 406 g/mol.